The van der Waals surface area contributed by atoms with Crippen LogP contribution < -0.4 is 5.32 Å². The number of anilines is 1. The van der Waals surface area contributed by atoms with Crippen molar-refractivity contribution in [2.24, 2.45) is 0 Å². The number of aliphatic hydroxyl groups is 1. The third kappa shape index (κ3) is 2.85. The molecule has 0 atom stereocenters. The Morgan fingerprint density at radius 2 is 2.25 bits per heavy atom. The van der Waals surface area contributed by atoms with Gasteiger partial charge in [0.05, 0.1) is 18.9 Å². The number of hydrogen-bond acceptors (Lipinski definition) is 6. The molecule has 106 valence electrons. The SMILES string of the molecule is CCOC(=O)c1cnc2nc(C)ccc2c1NCCO. The number of pyridine rings is 2. The maximum Gasteiger partial charge on any atom is 0.341 e. The number of aromatic nitrogens is 2. The minimum Gasteiger partial charge on any atom is -0.462 e. The van der Waals surface area contributed by atoms with Crippen LogP contribution in [-0.2, 0) is 4.74 Å². The van der Waals surface area contributed by atoms with E-state index < -0.39 is 5.97 Å². The van der Waals surface area contributed by atoms with Crippen LogP contribution in [0.3, 0.4) is 0 Å². The van der Waals surface area contributed by atoms with Gasteiger partial charge in [-0.05, 0) is 26.0 Å². The molecule has 0 aliphatic rings. The van der Waals surface area contributed by atoms with Crippen LogP contribution in [0.15, 0.2) is 18.3 Å². The molecular weight excluding hydrogens is 258 g/mol. The van der Waals surface area contributed by atoms with Crippen molar-refractivity contribution in [2.75, 3.05) is 25.1 Å². The Morgan fingerprint density at radius 3 is 2.95 bits per heavy atom. The van der Waals surface area contributed by atoms with Crippen LogP contribution in [0.4, 0.5) is 5.69 Å². The highest BCUT2D eigenvalue weighted by atomic mass is 16.5. The first-order chi connectivity index (χ1) is 9.67. The molecule has 0 aromatic carbocycles. The number of ether oxygens (including phenoxy) is 1. The topological polar surface area (TPSA) is 84.3 Å². The Bertz CT molecular complexity index is 628. The predicted octanol–water partition coefficient (Wildman–Crippen LogP) is 1.52. The largest absolute Gasteiger partial charge is 0.462 e. The quantitative estimate of drug-likeness (QED) is 0.805. The number of nitrogens with zero attached hydrogens (tertiary/aromatic N) is 2. The zero-order chi connectivity index (χ0) is 14.5. The lowest BCUT2D eigenvalue weighted by molar-refractivity contribution is 0.0527. The molecule has 0 spiro atoms. The van der Waals surface area contributed by atoms with Crippen LogP contribution in [0.5, 0.6) is 0 Å². The molecule has 6 nitrogen and oxygen atoms in total. The Morgan fingerprint density at radius 1 is 1.45 bits per heavy atom. The maximum absolute atomic E-state index is 12.0. The van der Waals surface area contributed by atoms with Gasteiger partial charge in [-0.3, -0.25) is 0 Å². The van der Waals surface area contributed by atoms with Gasteiger partial charge in [0, 0.05) is 23.8 Å². The molecule has 0 saturated carbocycles. The first-order valence-electron chi connectivity index (χ1n) is 6.45. The Hall–Kier alpha value is -2.21. The Balaban J connectivity index is 2.56. The molecule has 2 aromatic rings. The van der Waals surface area contributed by atoms with E-state index in [1.807, 2.05) is 19.1 Å². The van der Waals surface area contributed by atoms with E-state index in [1.54, 1.807) is 6.92 Å². The second kappa shape index (κ2) is 6.29. The summed E-state index contributed by atoms with van der Waals surface area (Å²) in [5.74, 6) is -0.442. The summed E-state index contributed by atoms with van der Waals surface area (Å²) in [5.41, 5.74) is 2.34. The minimum absolute atomic E-state index is 0.0363. The Kier molecular flexibility index (Phi) is 4.47. The van der Waals surface area contributed by atoms with Crippen LogP contribution in [0.25, 0.3) is 11.0 Å². The summed E-state index contributed by atoms with van der Waals surface area (Å²) in [6.45, 7) is 4.21. The summed E-state index contributed by atoms with van der Waals surface area (Å²) < 4.78 is 5.02. The van der Waals surface area contributed by atoms with Crippen molar-refractivity contribution < 1.29 is 14.6 Å². The normalized spacial score (nSPS) is 10.6. The summed E-state index contributed by atoms with van der Waals surface area (Å²) in [4.78, 5) is 20.5. The van der Waals surface area contributed by atoms with Crippen LogP contribution in [0.2, 0.25) is 0 Å². The van der Waals surface area contributed by atoms with Gasteiger partial charge in [0.25, 0.3) is 0 Å². The van der Waals surface area contributed by atoms with Crippen molar-refractivity contribution in [3.05, 3.63) is 29.6 Å². The average molecular weight is 275 g/mol. The van der Waals surface area contributed by atoms with Gasteiger partial charge in [0.15, 0.2) is 5.65 Å². The highest BCUT2D eigenvalue weighted by molar-refractivity contribution is 6.04. The second-order valence-electron chi connectivity index (χ2n) is 4.24. The van der Waals surface area contributed by atoms with Crippen LogP contribution in [-0.4, -0.2) is 40.8 Å². The average Bonchev–Trinajstić information content (AvgIpc) is 2.44. The fourth-order valence-corrected chi connectivity index (χ4v) is 1.91. The second-order valence-corrected chi connectivity index (χ2v) is 4.24. The Labute approximate surface area is 116 Å². The van der Waals surface area contributed by atoms with Crippen molar-refractivity contribution >= 4 is 22.7 Å². The van der Waals surface area contributed by atoms with Gasteiger partial charge in [0.1, 0.15) is 5.56 Å². The fourth-order valence-electron chi connectivity index (χ4n) is 1.91. The molecular formula is C14H17N3O3. The first kappa shape index (κ1) is 14.2. The lowest BCUT2D eigenvalue weighted by Crippen LogP contribution is -2.13. The van der Waals surface area contributed by atoms with E-state index in [2.05, 4.69) is 15.3 Å². The van der Waals surface area contributed by atoms with Gasteiger partial charge < -0.3 is 15.2 Å². The molecule has 0 saturated heterocycles. The predicted molar refractivity (Wildman–Crippen MR) is 75.8 cm³/mol. The number of aliphatic hydroxyl groups excluding tert-OH is 1. The maximum atomic E-state index is 12.0. The number of hydrogen-bond donors (Lipinski definition) is 2. The zero-order valence-electron chi connectivity index (χ0n) is 11.5. The van der Waals surface area contributed by atoms with Crippen molar-refractivity contribution in [1.82, 2.24) is 9.97 Å². The monoisotopic (exact) mass is 275 g/mol. The van der Waals surface area contributed by atoms with Crippen molar-refractivity contribution in [2.45, 2.75) is 13.8 Å². The van der Waals surface area contributed by atoms with Crippen LogP contribution >= 0.6 is 0 Å². The number of fused-ring (bicyclic) bond motifs is 1. The number of nitrogens with one attached hydrogen (secondary N) is 1. The third-order valence-electron chi connectivity index (χ3n) is 2.78. The number of carbonyl (C=O) groups excluding carboxylic acids is 1. The van der Waals surface area contributed by atoms with Crippen LogP contribution in [0.1, 0.15) is 23.0 Å². The smallest absolute Gasteiger partial charge is 0.341 e. The molecule has 6 heteroatoms. The summed E-state index contributed by atoms with van der Waals surface area (Å²) >= 11 is 0. The molecule has 0 bridgehead atoms. The van der Waals surface area contributed by atoms with E-state index in [1.165, 1.54) is 6.20 Å². The van der Waals surface area contributed by atoms with E-state index >= 15 is 0 Å². The van der Waals surface area contributed by atoms with E-state index in [0.29, 0.717) is 30.0 Å². The van der Waals surface area contributed by atoms with E-state index in [9.17, 15) is 4.79 Å². The molecule has 2 heterocycles. The summed E-state index contributed by atoms with van der Waals surface area (Å²) in [6, 6.07) is 3.70. The number of esters is 1. The fraction of sp³-hybridized carbons (Fsp3) is 0.357. The molecule has 2 N–H and O–H groups in total. The van der Waals surface area contributed by atoms with Crippen molar-refractivity contribution in [3.63, 3.8) is 0 Å². The molecule has 0 aliphatic carbocycles. The van der Waals surface area contributed by atoms with Gasteiger partial charge in [0.2, 0.25) is 0 Å². The van der Waals surface area contributed by atoms with Gasteiger partial charge in [-0.25, -0.2) is 14.8 Å². The number of aryl methyl sites for hydroxylation is 1. The van der Waals surface area contributed by atoms with Gasteiger partial charge in [-0.15, -0.1) is 0 Å². The molecule has 0 aliphatic heterocycles. The highest BCUT2D eigenvalue weighted by Gasteiger charge is 2.16. The van der Waals surface area contributed by atoms with Crippen molar-refractivity contribution in [1.29, 1.82) is 0 Å². The lowest BCUT2D eigenvalue weighted by Gasteiger charge is -2.13. The molecule has 0 amide bonds. The molecule has 0 radical (unpaired) electrons. The van der Waals surface area contributed by atoms with Gasteiger partial charge in [-0.2, -0.15) is 0 Å². The van der Waals surface area contributed by atoms with Gasteiger partial charge in [-0.1, -0.05) is 0 Å². The van der Waals surface area contributed by atoms with Crippen molar-refractivity contribution in [3.8, 4) is 0 Å². The minimum atomic E-state index is -0.442. The van der Waals surface area contributed by atoms with Gasteiger partial charge >= 0.3 is 5.97 Å². The van der Waals surface area contributed by atoms with E-state index in [0.717, 1.165) is 11.1 Å². The third-order valence-corrected chi connectivity index (χ3v) is 2.78. The van der Waals surface area contributed by atoms with Crippen LogP contribution in [0, 0.1) is 6.92 Å². The zero-order valence-corrected chi connectivity index (χ0v) is 11.5. The highest BCUT2D eigenvalue weighted by Crippen LogP contribution is 2.25. The number of rotatable bonds is 5. The summed E-state index contributed by atoms with van der Waals surface area (Å²) in [5, 5.41) is 12.7. The van der Waals surface area contributed by atoms with E-state index in [-0.39, 0.29) is 6.61 Å². The lowest BCUT2D eigenvalue weighted by atomic mass is 10.1. The first-order valence-corrected chi connectivity index (χ1v) is 6.45. The molecule has 0 unspecified atom stereocenters. The van der Waals surface area contributed by atoms with E-state index in [4.69, 9.17) is 9.84 Å². The number of carbonyl (C=O) groups is 1. The molecule has 20 heavy (non-hydrogen) atoms. The summed E-state index contributed by atoms with van der Waals surface area (Å²) in [7, 11) is 0. The molecule has 0 fully saturated rings. The molecule has 2 aromatic heterocycles. The molecule has 2 rings (SSSR count). The standard InChI is InChI=1S/C14H17N3O3/c1-3-20-14(19)11-8-16-13-10(5-4-9(2)17-13)12(11)15-6-7-18/h4-5,8,18H,3,6-7H2,1-2H3,(H,15,16,17). The summed E-state index contributed by atoms with van der Waals surface area (Å²) in [6.07, 6.45) is 1.45.